The normalized spacial score (nSPS) is 22.1. The Labute approximate surface area is 202 Å². The number of nitrogens with zero attached hydrogens (tertiary/aromatic N) is 2. The number of likely N-dealkylation sites (tertiary alicyclic amines) is 1. The van der Waals surface area contributed by atoms with E-state index in [9.17, 15) is 14.4 Å². The smallest absolute Gasteiger partial charge is 0.328 e. The maximum Gasteiger partial charge on any atom is 0.328 e. The van der Waals surface area contributed by atoms with Crippen LogP contribution in [0, 0.1) is 11.8 Å². The van der Waals surface area contributed by atoms with Gasteiger partial charge in [0, 0.05) is 38.1 Å². The molecular formula is C26H32N4O3S. The summed E-state index contributed by atoms with van der Waals surface area (Å²) in [7, 11) is 0. The van der Waals surface area contributed by atoms with Crippen molar-refractivity contribution in [2.75, 3.05) is 13.1 Å². The van der Waals surface area contributed by atoms with E-state index in [1.54, 1.807) is 6.07 Å². The maximum atomic E-state index is 12.9. The van der Waals surface area contributed by atoms with Gasteiger partial charge in [-0.05, 0) is 61.5 Å². The van der Waals surface area contributed by atoms with Gasteiger partial charge in [0.25, 0.3) is 5.56 Å². The summed E-state index contributed by atoms with van der Waals surface area (Å²) < 4.78 is 1.94. The molecule has 2 aliphatic rings. The van der Waals surface area contributed by atoms with Gasteiger partial charge in [-0.3, -0.25) is 19.1 Å². The minimum Gasteiger partial charge on any atom is -0.353 e. The van der Waals surface area contributed by atoms with Crippen LogP contribution in [0.4, 0.5) is 0 Å². The molecule has 1 aliphatic carbocycles. The van der Waals surface area contributed by atoms with Crippen LogP contribution in [0.5, 0.6) is 0 Å². The van der Waals surface area contributed by atoms with Crippen molar-refractivity contribution in [1.29, 1.82) is 0 Å². The summed E-state index contributed by atoms with van der Waals surface area (Å²) in [4.78, 5) is 43.2. The lowest BCUT2D eigenvalue weighted by Crippen LogP contribution is -2.46. The highest BCUT2D eigenvalue weighted by Gasteiger charge is 2.29. The number of aromatic amines is 1. The molecule has 0 bridgehead atoms. The summed E-state index contributed by atoms with van der Waals surface area (Å²) in [5, 5.41) is 5.12. The first-order valence-corrected chi connectivity index (χ1v) is 13.2. The second-order valence-electron chi connectivity index (χ2n) is 9.77. The van der Waals surface area contributed by atoms with Gasteiger partial charge in [0.2, 0.25) is 5.91 Å². The number of hydrogen-bond acceptors (Lipinski definition) is 5. The number of carbonyl (C=O) groups excluding carboxylic acids is 1. The van der Waals surface area contributed by atoms with Gasteiger partial charge in [0.05, 0.1) is 5.52 Å². The van der Waals surface area contributed by atoms with Gasteiger partial charge >= 0.3 is 5.69 Å². The molecule has 7 nitrogen and oxygen atoms in total. The first-order chi connectivity index (χ1) is 16.6. The lowest BCUT2D eigenvalue weighted by molar-refractivity contribution is -0.127. The van der Waals surface area contributed by atoms with E-state index >= 15 is 0 Å². The number of H-pyrrole nitrogens is 1. The second kappa shape index (κ2) is 10.3. The zero-order valence-electron chi connectivity index (χ0n) is 19.4. The monoisotopic (exact) mass is 480 g/mol. The van der Waals surface area contributed by atoms with Crippen LogP contribution in [0.1, 0.15) is 44.1 Å². The van der Waals surface area contributed by atoms with E-state index in [-0.39, 0.29) is 35.0 Å². The molecule has 180 valence electrons. The van der Waals surface area contributed by atoms with Gasteiger partial charge in [-0.2, -0.15) is 0 Å². The Morgan fingerprint density at radius 1 is 1.00 bits per heavy atom. The van der Waals surface area contributed by atoms with Crippen LogP contribution in [-0.2, 0) is 17.9 Å². The fraction of sp³-hybridized carbons (Fsp3) is 0.500. The highest BCUT2D eigenvalue weighted by Crippen LogP contribution is 2.30. The summed E-state index contributed by atoms with van der Waals surface area (Å²) in [6.45, 7) is 3.40. The SMILES string of the molecule is O=C(NC1CCN(Cc2ccccc2)CC1)C1CCC(Cn2c(=O)[nH]c3ccsc3c2=O)CC1. The molecule has 2 fully saturated rings. The predicted molar refractivity (Wildman–Crippen MR) is 135 cm³/mol. The van der Waals surface area contributed by atoms with Crippen LogP contribution >= 0.6 is 11.3 Å². The van der Waals surface area contributed by atoms with Crippen LogP contribution < -0.4 is 16.6 Å². The molecule has 0 unspecified atom stereocenters. The summed E-state index contributed by atoms with van der Waals surface area (Å²) in [5.41, 5.74) is 1.41. The molecule has 34 heavy (non-hydrogen) atoms. The number of amides is 1. The van der Waals surface area contributed by atoms with Crippen molar-refractivity contribution in [2.24, 2.45) is 11.8 Å². The van der Waals surface area contributed by atoms with Crippen molar-refractivity contribution in [3.05, 3.63) is 68.2 Å². The fourth-order valence-corrected chi connectivity index (χ4v) is 6.20. The molecule has 2 N–H and O–H groups in total. The lowest BCUT2D eigenvalue weighted by Gasteiger charge is -2.34. The van der Waals surface area contributed by atoms with E-state index in [4.69, 9.17) is 0 Å². The molecule has 1 amide bonds. The first kappa shape index (κ1) is 23.1. The van der Waals surface area contributed by atoms with Crippen molar-refractivity contribution in [2.45, 2.75) is 57.7 Å². The molecule has 0 spiro atoms. The average Bonchev–Trinajstić information content (AvgIpc) is 3.32. The number of hydrogen-bond donors (Lipinski definition) is 2. The number of carbonyl (C=O) groups is 1. The van der Waals surface area contributed by atoms with E-state index < -0.39 is 0 Å². The Kier molecular flexibility index (Phi) is 6.97. The molecule has 1 saturated heterocycles. The average molecular weight is 481 g/mol. The molecule has 5 rings (SSSR count). The molecule has 1 aromatic carbocycles. The summed E-state index contributed by atoms with van der Waals surface area (Å²) in [5.74, 6) is 0.463. The van der Waals surface area contributed by atoms with Crippen LogP contribution in [-0.4, -0.2) is 39.5 Å². The van der Waals surface area contributed by atoms with Crippen LogP contribution in [0.3, 0.4) is 0 Å². The van der Waals surface area contributed by atoms with Crippen molar-refractivity contribution in [1.82, 2.24) is 19.8 Å². The Morgan fingerprint density at radius 3 is 2.47 bits per heavy atom. The van der Waals surface area contributed by atoms with Gasteiger partial charge < -0.3 is 10.3 Å². The Balaban J connectivity index is 1.08. The van der Waals surface area contributed by atoms with Crippen molar-refractivity contribution in [3.8, 4) is 0 Å². The Bertz CT molecular complexity index is 1230. The van der Waals surface area contributed by atoms with Crippen LogP contribution in [0.15, 0.2) is 51.4 Å². The minimum atomic E-state index is -0.339. The van der Waals surface area contributed by atoms with Crippen molar-refractivity contribution < 1.29 is 4.79 Å². The molecule has 1 aliphatic heterocycles. The van der Waals surface area contributed by atoms with Crippen LogP contribution in [0.2, 0.25) is 0 Å². The first-order valence-electron chi connectivity index (χ1n) is 12.3. The standard InChI is InChI=1S/C26H32N4O3S/c31-24(27-21-10-13-29(14-11-21)16-18-4-2-1-3-5-18)20-8-6-19(7-9-20)17-30-25(32)23-22(12-15-34-23)28-26(30)33/h1-5,12,15,19-21H,6-11,13-14,16-17H2,(H,27,31)(H,28,33). The number of nitrogens with one attached hydrogen (secondary N) is 2. The highest BCUT2D eigenvalue weighted by molar-refractivity contribution is 7.17. The molecule has 3 aromatic rings. The number of piperidine rings is 1. The maximum absolute atomic E-state index is 12.9. The third-order valence-corrected chi connectivity index (χ3v) is 8.34. The fourth-order valence-electron chi connectivity index (χ4n) is 5.40. The van der Waals surface area contributed by atoms with E-state index in [1.807, 2.05) is 11.4 Å². The molecular weight excluding hydrogens is 448 g/mol. The minimum absolute atomic E-state index is 0.0355. The van der Waals surface area contributed by atoms with E-state index in [0.717, 1.165) is 58.2 Å². The third-order valence-electron chi connectivity index (χ3n) is 7.43. The zero-order valence-corrected chi connectivity index (χ0v) is 20.2. The van der Waals surface area contributed by atoms with Gasteiger partial charge in [-0.15, -0.1) is 11.3 Å². The van der Waals surface area contributed by atoms with Gasteiger partial charge in [-0.1, -0.05) is 30.3 Å². The summed E-state index contributed by atoms with van der Waals surface area (Å²) in [6, 6.07) is 12.6. The lowest BCUT2D eigenvalue weighted by atomic mass is 9.81. The van der Waals surface area contributed by atoms with Crippen molar-refractivity contribution in [3.63, 3.8) is 0 Å². The predicted octanol–water partition coefficient (Wildman–Crippen LogP) is 3.34. The van der Waals surface area contributed by atoms with Gasteiger partial charge in [-0.25, -0.2) is 4.79 Å². The number of fused-ring (bicyclic) bond motifs is 1. The molecule has 3 heterocycles. The second-order valence-corrected chi connectivity index (χ2v) is 10.7. The number of rotatable bonds is 6. The van der Waals surface area contributed by atoms with Gasteiger partial charge in [0.1, 0.15) is 4.70 Å². The van der Waals surface area contributed by atoms with E-state index in [1.165, 1.54) is 21.5 Å². The van der Waals surface area contributed by atoms with Crippen LogP contribution in [0.25, 0.3) is 10.2 Å². The molecule has 8 heteroatoms. The number of benzene rings is 1. The highest BCUT2D eigenvalue weighted by atomic mass is 32.1. The van der Waals surface area contributed by atoms with E-state index in [2.05, 4.69) is 39.5 Å². The number of thiophene rings is 1. The third kappa shape index (κ3) is 5.18. The zero-order chi connectivity index (χ0) is 23.5. The number of aromatic nitrogens is 2. The van der Waals surface area contributed by atoms with Crippen molar-refractivity contribution >= 4 is 27.5 Å². The molecule has 0 atom stereocenters. The Hall–Kier alpha value is -2.71. The molecule has 2 aromatic heterocycles. The van der Waals surface area contributed by atoms with E-state index in [0.29, 0.717) is 16.8 Å². The Morgan fingerprint density at radius 2 is 1.74 bits per heavy atom. The van der Waals surface area contributed by atoms with Gasteiger partial charge in [0.15, 0.2) is 0 Å². The molecule has 1 saturated carbocycles. The largest absolute Gasteiger partial charge is 0.353 e. The summed E-state index contributed by atoms with van der Waals surface area (Å²) in [6.07, 6.45) is 5.34. The quantitative estimate of drug-likeness (QED) is 0.567. The topological polar surface area (TPSA) is 87.2 Å². The summed E-state index contributed by atoms with van der Waals surface area (Å²) >= 11 is 1.36. The molecule has 0 radical (unpaired) electrons.